The van der Waals surface area contributed by atoms with Gasteiger partial charge >= 0.3 is 16.3 Å². The van der Waals surface area contributed by atoms with Crippen molar-refractivity contribution in [2.45, 2.75) is 49.0 Å². The summed E-state index contributed by atoms with van der Waals surface area (Å²) >= 11 is 1.52. The molecule has 0 spiro atoms. The second-order valence-corrected chi connectivity index (χ2v) is 9.27. The zero-order chi connectivity index (χ0) is 18.0. The van der Waals surface area contributed by atoms with E-state index in [0.29, 0.717) is 6.42 Å². The molecule has 1 heterocycles. The summed E-state index contributed by atoms with van der Waals surface area (Å²) < 4.78 is 32.5. The molecule has 134 valence electrons. The standard InChI is InChI=1S/C15H22N2O5S2/c1-15(2,3)22-14(19)17-24(20,21)16-9-11(18)13-8-10-6-4-5-7-12(10)23-13/h4-7,11,13,16,18H,8-9H2,1-3H3,(H,17,19). The van der Waals surface area contributed by atoms with Crippen molar-refractivity contribution in [1.82, 2.24) is 9.44 Å². The highest BCUT2D eigenvalue weighted by molar-refractivity contribution is 8.00. The molecule has 9 heteroatoms. The molecule has 2 atom stereocenters. The molecule has 1 aromatic rings. The maximum absolute atomic E-state index is 11.8. The Labute approximate surface area is 146 Å². The molecule has 2 unspecified atom stereocenters. The minimum Gasteiger partial charge on any atom is -0.443 e. The van der Waals surface area contributed by atoms with Crippen LogP contribution in [0.1, 0.15) is 26.3 Å². The monoisotopic (exact) mass is 374 g/mol. The van der Waals surface area contributed by atoms with Gasteiger partial charge in [-0.15, -0.1) is 11.8 Å². The van der Waals surface area contributed by atoms with Gasteiger partial charge < -0.3 is 9.84 Å². The first kappa shape index (κ1) is 19.0. The molecule has 1 aromatic carbocycles. The lowest BCUT2D eigenvalue weighted by atomic mass is 10.1. The van der Waals surface area contributed by atoms with E-state index in [0.717, 1.165) is 10.5 Å². The number of thioether (sulfide) groups is 1. The van der Waals surface area contributed by atoms with Gasteiger partial charge in [0, 0.05) is 16.7 Å². The molecule has 0 aliphatic carbocycles. The Morgan fingerprint density at radius 3 is 2.71 bits per heavy atom. The number of hydrogen-bond acceptors (Lipinski definition) is 6. The Morgan fingerprint density at radius 1 is 1.42 bits per heavy atom. The van der Waals surface area contributed by atoms with Crippen LogP contribution in [0.25, 0.3) is 0 Å². The van der Waals surface area contributed by atoms with Crippen molar-refractivity contribution >= 4 is 28.1 Å². The van der Waals surface area contributed by atoms with Crippen LogP contribution in [0.15, 0.2) is 29.2 Å². The number of carbonyl (C=O) groups is 1. The zero-order valence-electron chi connectivity index (χ0n) is 13.8. The van der Waals surface area contributed by atoms with Gasteiger partial charge in [0.15, 0.2) is 0 Å². The Morgan fingerprint density at radius 2 is 2.08 bits per heavy atom. The summed E-state index contributed by atoms with van der Waals surface area (Å²) in [6.07, 6.45) is -1.27. The minimum atomic E-state index is -4.09. The van der Waals surface area contributed by atoms with Crippen molar-refractivity contribution in [3.63, 3.8) is 0 Å². The van der Waals surface area contributed by atoms with E-state index in [-0.39, 0.29) is 11.8 Å². The number of benzene rings is 1. The first-order valence-corrected chi connectivity index (χ1v) is 9.85. The van der Waals surface area contributed by atoms with Crippen LogP contribution >= 0.6 is 11.8 Å². The molecule has 0 aromatic heterocycles. The van der Waals surface area contributed by atoms with E-state index in [9.17, 15) is 18.3 Å². The molecule has 1 aliphatic rings. The molecule has 1 amide bonds. The second-order valence-electron chi connectivity index (χ2n) is 6.49. The molecule has 7 nitrogen and oxygen atoms in total. The maximum Gasteiger partial charge on any atom is 0.422 e. The van der Waals surface area contributed by atoms with Crippen molar-refractivity contribution in [1.29, 1.82) is 0 Å². The van der Waals surface area contributed by atoms with Crippen molar-refractivity contribution in [3.8, 4) is 0 Å². The zero-order valence-corrected chi connectivity index (χ0v) is 15.4. The Bertz CT molecular complexity index is 675. The van der Waals surface area contributed by atoms with Crippen LogP contribution in [0.3, 0.4) is 0 Å². The summed E-state index contributed by atoms with van der Waals surface area (Å²) in [4.78, 5) is 12.6. The summed E-state index contributed by atoms with van der Waals surface area (Å²) in [6.45, 7) is 4.70. The van der Waals surface area contributed by atoms with Crippen LogP contribution < -0.4 is 9.44 Å². The van der Waals surface area contributed by atoms with E-state index in [4.69, 9.17) is 4.74 Å². The van der Waals surface area contributed by atoms with Gasteiger partial charge in [-0.25, -0.2) is 9.52 Å². The number of aliphatic hydroxyl groups is 1. The van der Waals surface area contributed by atoms with Crippen molar-refractivity contribution in [2.24, 2.45) is 0 Å². The lowest BCUT2D eigenvalue weighted by Crippen LogP contribution is -2.46. The molecule has 0 fully saturated rings. The van der Waals surface area contributed by atoms with E-state index < -0.39 is 28.0 Å². The Kier molecular flexibility index (Phi) is 5.79. The summed E-state index contributed by atoms with van der Waals surface area (Å²) in [6, 6.07) is 7.82. The van der Waals surface area contributed by atoms with E-state index in [1.165, 1.54) is 11.8 Å². The number of hydrogen-bond donors (Lipinski definition) is 3. The normalized spacial score (nSPS) is 18.8. The first-order chi connectivity index (χ1) is 11.1. The molecule has 1 aliphatic heterocycles. The Balaban J connectivity index is 1.83. The summed E-state index contributed by atoms with van der Waals surface area (Å²) in [5.41, 5.74) is 0.340. The highest BCUT2D eigenvalue weighted by Gasteiger charge is 2.29. The van der Waals surface area contributed by atoms with Gasteiger partial charge in [0.05, 0.1) is 6.10 Å². The smallest absolute Gasteiger partial charge is 0.422 e. The largest absolute Gasteiger partial charge is 0.443 e. The number of nitrogens with one attached hydrogen (secondary N) is 2. The lowest BCUT2D eigenvalue weighted by Gasteiger charge is -2.20. The van der Waals surface area contributed by atoms with Crippen molar-refractivity contribution in [2.75, 3.05) is 6.54 Å². The van der Waals surface area contributed by atoms with Crippen LogP contribution in [0.5, 0.6) is 0 Å². The minimum absolute atomic E-state index is 0.133. The summed E-state index contributed by atoms with van der Waals surface area (Å²) in [5, 5.41) is 10.1. The van der Waals surface area contributed by atoms with Gasteiger partial charge in [0.1, 0.15) is 5.60 Å². The van der Waals surface area contributed by atoms with Gasteiger partial charge in [0.25, 0.3) is 0 Å². The molecule has 24 heavy (non-hydrogen) atoms. The van der Waals surface area contributed by atoms with Crippen LogP contribution in [0.4, 0.5) is 4.79 Å². The molecule has 0 saturated carbocycles. The summed E-state index contributed by atoms with van der Waals surface area (Å²) in [5.74, 6) is 0. The third kappa shape index (κ3) is 5.66. The van der Waals surface area contributed by atoms with E-state index in [2.05, 4.69) is 4.72 Å². The predicted octanol–water partition coefficient (Wildman–Crippen LogP) is 1.42. The average Bonchev–Trinajstić information content (AvgIpc) is 2.86. The molecular weight excluding hydrogens is 352 g/mol. The molecular formula is C15H22N2O5S2. The van der Waals surface area contributed by atoms with Crippen LogP contribution in [-0.2, 0) is 21.4 Å². The highest BCUT2D eigenvalue weighted by Crippen LogP contribution is 2.38. The number of rotatable bonds is 5. The average molecular weight is 374 g/mol. The number of ether oxygens (including phenoxy) is 1. The fourth-order valence-corrected chi connectivity index (χ4v) is 4.22. The number of aliphatic hydroxyl groups excluding tert-OH is 1. The predicted molar refractivity (Wildman–Crippen MR) is 92.1 cm³/mol. The molecule has 0 radical (unpaired) electrons. The Hall–Kier alpha value is -1.29. The molecule has 3 N–H and O–H groups in total. The van der Waals surface area contributed by atoms with Gasteiger partial charge in [-0.05, 0) is 38.8 Å². The van der Waals surface area contributed by atoms with E-state index >= 15 is 0 Å². The molecule has 2 rings (SSSR count). The maximum atomic E-state index is 11.8. The molecule has 0 bridgehead atoms. The van der Waals surface area contributed by atoms with Gasteiger partial charge in [-0.3, -0.25) is 0 Å². The van der Waals surface area contributed by atoms with E-state index in [1.807, 2.05) is 24.3 Å². The van der Waals surface area contributed by atoms with Crippen molar-refractivity contribution in [3.05, 3.63) is 29.8 Å². The van der Waals surface area contributed by atoms with Gasteiger partial charge in [-0.1, -0.05) is 18.2 Å². The summed E-state index contributed by atoms with van der Waals surface area (Å²) in [7, 11) is -4.09. The third-order valence-electron chi connectivity index (χ3n) is 3.20. The number of amides is 1. The first-order valence-electron chi connectivity index (χ1n) is 7.49. The third-order valence-corrected chi connectivity index (χ3v) is 5.62. The second kappa shape index (κ2) is 7.30. The molecule has 0 saturated heterocycles. The topological polar surface area (TPSA) is 105 Å². The highest BCUT2D eigenvalue weighted by atomic mass is 32.2. The van der Waals surface area contributed by atoms with Crippen molar-refractivity contribution < 1.29 is 23.1 Å². The van der Waals surface area contributed by atoms with E-state index in [1.54, 1.807) is 25.5 Å². The van der Waals surface area contributed by atoms with Crippen LogP contribution in [0.2, 0.25) is 0 Å². The van der Waals surface area contributed by atoms with Crippen LogP contribution in [-0.4, -0.2) is 43.1 Å². The SMILES string of the molecule is CC(C)(C)OC(=O)NS(=O)(=O)NCC(O)C1Cc2ccccc2S1. The fraction of sp³-hybridized carbons (Fsp3) is 0.533. The van der Waals surface area contributed by atoms with Crippen LogP contribution in [0, 0.1) is 0 Å². The quantitative estimate of drug-likeness (QED) is 0.720. The van der Waals surface area contributed by atoms with Gasteiger partial charge in [-0.2, -0.15) is 13.1 Å². The van der Waals surface area contributed by atoms with Gasteiger partial charge in [0.2, 0.25) is 0 Å². The lowest BCUT2D eigenvalue weighted by molar-refractivity contribution is 0.0569. The number of fused-ring (bicyclic) bond motifs is 1. The fourth-order valence-electron chi connectivity index (χ4n) is 2.19. The number of carbonyl (C=O) groups excluding carboxylic acids is 1.